The van der Waals surface area contributed by atoms with E-state index < -0.39 is 56.2 Å². The third-order valence-electron chi connectivity index (χ3n) is 1.92. The summed E-state index contributed by atoms with van der Waals surface area (Å²) in [6, 6.07) is 0.591. The van der Waals surface area contributed by atoms with E-state index in [-0.39, 0.29) is 0 Å². The van der Waals surface area contributed by atoms with Gasteiger partial charge in [0.25, 0.3) is 9.05 Å². The lowest BCUT2D eigenvalue weighted by Crippen LogP contribution is -2.23. The Kier molecular flexibility index (Phi) is 4.87. The molecule has 1 rings (SSSR count). The number of halogens is 3. The van der Waals surface area contributed by atoms with Crippen molar-refractivity contribution >= 4 is 45.3 Å². The molecule has 0 aliphatic carbocycles. The van der Waals surface area contributed by atoms with Crippen LogP contribution in [0.4, 0.5) is 14.5 Å². The quantitative estimate of drug-likeness (QED) is 0.746. The van der Waals surface area contributed by atoms with Gasteiger partial charge in [0.05, 0.1) is 4.90 Å². The topological polar surface area (TPSA) is 114 Å². The molecule has 0 aliphatic heterocycles. The average molecular weight is 384 g/mol. The van der Waals surface area contributed by atoms with Crippen LogP contribution in [0.25, 0.3) is 0 Å². The highest BCUT2D eigenvalue weighted by Gasteiger charge is 2.24. The lowest BCUT2D eigenvalue weighted by atomic mass is 10.3. The molecule has 0 aliphatic rings. The van der Waals surface area contributed by atoms with Crippen molar-refractivity contribution < 1.29 is 34.0 Å². The summed E-state index contributed by atoms with van der Waals surface area (Å²) in [5, 5.41) is -1.39. The Hall–Kier alpha value is -0.980. The maximum atomic E-state index is 13.6. The second kappa shape index (κ2) is 5.66. The van der Waals surface area contributed by atoms with Crippen molar-refractivity contribution in [3.63, 3.8) is 0 Å². The molecule has 1 aromatic rings. The Morgan fingerprint density at radius 1 is 1.05 bits per heavy atom. The van der Waals surface area contributed by atoms with Gasteiger partial charge in [0, 0.05) is 16.9 Å². The summed E-state index contributed by atoms with van der Waals surface area (Å²) in [5.74, 6) is -3.13. The molecule has 7 nitrogen and oxygen atoms in total. The molecule has 0 fully saturated rings. The largest absolute Gasteiger partial charge is 0.277 e. The minimum absolute atomic E-state index is 0.295. The molecule has 0 bridgehead atoms. The molecule has 0 spiro atoms. The van der Waals surface area contributed by atoms with Gasteiger partial charge in [-0.15, -0.1) is 0 Å². The third kappa shape index (κ3) is 5.37. The van der Waals surface area contributed by atoms with Crippen LogP contribution < -0.4 is 4.72 Å². The Bertz CT molecular complexity index is 856. The summed E-state index contributed by atoms with van der Waals surface area (Å²) < 4.78 is 95.0. The van der Waals surface area contributed by atoms with E-state index in [9.17, 15) is 34.0 Å². The van der Waals surface area contributed by atoms with Crippen molar-refractivity contribution in [2.45, 2.75) is 4.90 Å². The van der Waals surface area contributed by atoms with Gasteiger partial charge in [-0.1, -0.05) is 0 Å². The highest BCUT2D eigenvalue weighted by atomic mass is 35.7. The van der Waals surface area contributed by atoms with Gasteiger partial charge in [0.1, 0.15) is 5.69 Å². The van der Waals surface area contributed by atoms with Gasteiger partial charge in [-0.05, 0) is 12.1 Å². The van der Waals surface area contributed by atoms with Crippen molar-refractivity contribution in [2.24, 2.45) is 0 Å². The zero-order valence-corrected chi connectivity index (χ0v) is 13.4. The minimum atomic E-state index is -4.59. The van der Waals surface area contributed by atoms with Crippen LogP contribution in [0.5, 0.6) is 0 Å². The molecule has 0 unspecified atom stereocenters. The van der Waals surface area contributed by atoms with Gasteiger partial charge in [-0.3, -0.25) is 4.72 Å². The second-order valence-corrected chi connectivity index (χ2v) is 10.8. The van der Waals surface area contributed by atoms with Gasteiger partial charge in [-0.25, -0.2) is 34.0 Å². The van der Waals surface area contributed by atoms with Crippen LogP contribution in [0.3, 0.4) is 0 Å². The molecular formula is C8H8ClF2NO6S3. The Morgan fingerprint density at radius 2 is 1.48 bits per heavy atom. The summed E-state index contributed by atoms with van der Waals surface area (Å²) in [6.07, 6.45) is 0.613. The zero-order chi connectivity index (χ0) is 16.6. The molecular weight excluding hydrogens is 376 g/mol. The first-order valence-electron chi connectivity index (χ1n) is 4.83. The maximum absolute atomic E-state index is 13.6. The molecule has 0 heterocycles. The molecule has 120 valence electrons. The number of nitrogens with one attached hydrogen (secondary N) is 1. The molecule has 1 aromatic carbocycles. The highest BCUT2D eigenvalue weighted by molar-refractivity contribution is 8.13. The summed E-state index contributed by atoms with van der Waals surface area (Å²) in [6.45, 7) is 0. The molecule has 13 heteroatoms. The van der Waals surface area contributed by atoms with Crippen LogP contribution >= 0.6 is 10.7 Å². The fraction of sp³-hybridized carbons (Fsp3) is 0.250. The van der Waals surface area contributed by atoms with Crippen molar-refractivity contribution in [3.8, 4) is 0 Å². The second-order valence-electron chi connectivity index (χ2n) is 3.96. The normalized spacial score (nSPS) is 13.1. The summed E-state index contributed by atoms with van der Waals surface area (Å²) in [7, 11) is -8.08. The van der Waals surface area contributed by atoms with E-state index in [1.165, 1.54) is 4.72 Å². The van der Waals surface area contributed by atoms with Gasteiger partial charge in [-0.2, -0.15) is 0 Å². The van der Waals surface area contributed by atoms with Crippen molar-refractivity contribution in [1.29, 1.82) is 0 Å². The highest BCUT2D eigenvalue weighted by Crippen LogP contribution is 2.26. The number of rotatable bonds is 5. The Morgan fingerprint density at radius 3 is 1.81 bits per heavy atom. The first-order chi connectivity index (χ1) is 9.21. The fourth-order valence-corrected chi connectivity index (χ4v) is 5.01. The SMILES string of the molecule is CS(=O)(=O)CS(=O)(=O)Nc1c(F)cc(S(=O)(=O)Cl)cc1F. The van der Waals surface area contributed by atoms with Gasteiger partial charge < -0.3 is 0 Å². The molecule has 0 radical (unpaired) electrons. The Balaban J connectivity index is 3.29. The van der Waals surface area contributed by atoms with Crippen molar-refractivity contribution in [2.75, 3.05) is 16.1 Å². The number of benzene rings is 1. The van der Waals surface area contributed by atoms with E-state index in [4.69, 9.17) is 10.7 Å². The molecule has 21 heavy (non-hydrogen) atoms. The van der Waals surface area contributed by atoms with Gasteiger partial charge in [0.2, 0.25) is 10.0 Å². The smallest absolute Gasteiger partial charge is 0.261 e. The monoisotopic (exact) mass is 383 g/mol. The predicted octanol–water partition coefficient (Wildman–Crippen LogP) is 0.636. The number of hydrogen-bond donors (Lipinski definition) is 1. The van der Waals surface area contributed by atoms with E-state index in [1.807, 2.05) is 0 Å². The van der Waals surface area contributed by atoms with Crippen molar-refractivity contribution in [1.82, 2.24) is 0 Å². The molecule has 0 atom stereocenters. The summed E-state index contributed by atoms with van der Waals surface area (Å²) >= 11 is 0. The van der Waals surface area contributed by atoms with E-state index in [0.717, 1.165) is 0 Å². The lowest BCUT2D eigenvalue weighted by molar-refractivity contribution is 0.573. The molecule has 0 saturated carbocycles. The third-order valence-corrected chi connectivity index (χ3v) is 6.73. The van der Waals surface area contributed by atoms with E-state index >= 15 is 0 Å². The van der Waals surface area contributed by atoms with Crippen molar-refractivity contribution in [3.05, 3.63) is 23.8 Å². The van der Waals surface area contributed by atoms with Crippen LogP contribution in [0.1, 0.15) is 0 Å². The Labute approximate surface area is 124 Å². The van der Waals surface area contributed by atoms with Crippen LogP contribution in [0.2, 0.25) is 0 Å². The standard InChI is InChI=1S/C8H8ClF2NO6S3/c1-19(13,14)4-20(15,16)12-8-6(10)2-5(3-7(8)11)21(9,17)18/h2-3,12H,4H2,1H3. The summed E-state index contributed by atoms with van der Waals surface area (Å²) in [4.78, 5) is -0.912. The van der Waals surface area contributed by atoms with E-state index in [2.05, 4.69) is 0 Å². The molecule has 1 N–H and O–H groups in total. The average Bonchev–Trinajstić information content (AvgIpc) is 2.18. The number of hydrogen-bond acceptors (Lipinski definition) is 6. The lowest BCUT2D eigenvalue weighted by Gasteiger charge is -2.10. The van der Waals surface area contributed by atoms with Crippen LogP contribution in [-0.2, 0) is 28.9 Å². The fourth-order valence-electron chi connectivity index (χ4n) is 1.25. The van der Waals surface area contributed by atoms with Crippen LogP contribution in [0, 0.1) is 11.6 Å². The van der Waals surface area contributed by atoms with Gasteiger partial charge >= 0.3 is 0 Å². The summed E-state index contributed by atoms with van der Waals surface area (Å²) in [5.41, 5.74) is -1.21. The van der Waals surface area contributed by atoms with Gasteiger partial charge in [0.15, 0.2) is 26.6 Å². The van der Waals surface area contributed by atoms with E-state index in [1.54, 1.807) is 0 Å². The van der Waals surface area contributed by atoms with Crippen LogP contribution in [0.15, 0.2) is 17.0 Å². The van der Waals surface area contributed by atoms with Crippen LogP contribution in [-0.4, -0.2) is 36.6 Å². The number of anilines is 1. The molecule has 0 saturated heterocycles. The molecule has 0 amide bonds. The predicted molar refractivity (Wildman–Crippen MR) is 71.7 cm³/mol. The first kappa shape index (κ1) is 18.1. The maximum Gasteiger partial charge on any atom is 0.261 e. The van der Waals surface area contributed by atoms with E-state index in [0.29, 0.717) is 18.4 Å². The zero-order valence-electron chi connectivity index (χ0n) is 10.2. The molecule has 0 aromatic heterocycles. The number of sulfone groups is 1. The number of sulfonamides is 1. The first-order valence-corrected chi connectivity index (χ1v) is 10.9. The minimum Gasteiger partial charge on any atom is -0.277 e.